The van der Waals surface area contributed by atoms with Crippen molar-refractivity contribution in [1.82, 2.24) is 9.80 Å². The van der Waals surface area contributed by atoms with Gasteiger partial charge in [-0.1, -0.05) is 59.7 Å². The lowest BCUT2D eigenvalue weighted by Crippen LogP contribution is -2.68. The number of benzene rings is 2. The minimum Gasteiger partial charge on any atom is -0.466 e. The predicted molar refractivity (Wildman–Crippen MR) is 170 cm³/mol. The van der Waals surface area contributed by atoms with E-state index >= 15 is 0 Å². The van der Waals surface area contributed by atoms with Crippen LogP contribution in [-0.4, -0.2) is 64.4 Å². The van der Waals surface area contributed by atoms with Crippen LogP contribution >= 0.6 is 0 Å². The molecule has 0 aromatic heterocycles. The summed E-state index contributed by atoms with van der Waals surface area (Å²) in [6.45, 7) is 14.6. The van der Waals surface area contributed by atoms with E-state index in [0.29, 0.717) is 32.5 Å². The second-order valence-corrected chi connectivity index (χ2v) is 13.2. The van der Waals surface area contributed by atoms with Gasteiger partial charge in [-0.05, 0) is 83.6 Å². The van der Waals surface area contributed by atoms with Gasteiger partial charge in [0.1, 0.15) is 17.1 Å². The summed E-state index contributed by atoms with van der Waals surface area (Å²) in [5, 5.41) is 0. The Hall–Kier alpha value is -3.94. The molecule has 0 spiro atoms. The summed E-state index contributed by atoms with van der Waals surface area (Å²) in [4.78, 5) is 56.1. The number of carbonyl (C=O) groups excluding carboxylic acids is 4. The van der Waals surface area contributed by atoms with Crippen LogP contribution in [0.1, 0.15) is 93.2 Å². The van der Waals surface area contributed by atoms with Gasteiger partial charge in [0.05, 0.1) is 13.0 Å². The first-order chi connectivity index (χ1) is 20.7. The third-order valence-electron chi connectivity index (χ3n) is 8.21. The number of carbonyl (C=O) groups is 4. The molecule has 44 heavy (non-hydrogen) atoms. The molecule has 2 unspecified atom stereocenters. The van der Waals surface area contributed by atoms with E-state index in [-0.39, 0.29) is 43.1 Å². The molecule has 0 radical (unpaired) electrons. The maximum Gasteiger partial charge on any atom is 0.317 e. The van der Waals surface area contributed by atoms with Gasteiger partial charge in [-0.2, -0.15) is 0 Å². The van der Waals surface area contributed by atoms with Crippen molar-refractivity contribution in [2.75, 3.05) is 19.7 Å². The Morgan fingerprint density at radius 1 is 1.02 bits per heavy atom. The van der Waals surface area contributed by atoms with E-state index in [2.05, 4.69) is 6.07 Å². The van der Waals surface area contributed by atoms with Gasteiger partial charge in [0.15, 0.2) is 0 Å². The lowest BCUT2D eigenvalue weighted by Gasteiger charge is -2.51. The summed E-state index contributed by atoms with van der Waals surface area (Å²) in [7, 11) is 0. The summed E-state index contributed by atoms with van der Waals surface area (Å²) < 4.78 is 10.8. The van der Waals surface area contributed by atoms with Crippen LogP contribution < -0.4 is 0 Å². The number of esters is 2. The average Bonchev–Trinajstić information content (AvgIpc) is 3.33. The number of nitrogens with zero attached hydrogens (tertiary/aromatic N) is 2. The molecule has 2 aromatic rings. The molecule has 8 nitrogen and oxygen atoms in total. The zero-order valence-electron chi connectivity index (χ0n) is 27.2. The Labute approximate surface area is 261 Å². The number of aryl methyl sites for hydroxylation is 2. The molecule has 2 amide bonds. The predicted octanol–water partition coefficient (Wildman–Crippen LogP) is 5.66. The third kappa shape index (κ3) is 7.76. The first-order valence-corrected chi connectivity index (χ1v) is 15.6. The second kappa shape index (κ2) is 13.4. The van der Waals surface area contributed by atoms with Crippen molar-refractivity contribution in [3.63, 3.8) is 0 Å². The van der Waals surface area contributed by atoms with Gasteiger partial charge in [0.2, 0.25) is 11.8 Å². The summed E-state index contributed by atoms with van der Waals surface area (Å²) in [6, 6.07) is 12.0. The topological polar surface area (TPSA) is 93.2 Å². The molecular weight excluding hydrogens is 556 g/mol. The zero-order valence-corrected chi connectivity index (χ0v) is 27.2. The van der Waals surface area contributed by atoms with E-state index in [1.807, 2.05) is 84.0 Å². The first kappa shape index (κ1) is 33.0. The number of amides is 2. The Kier molecular flexibility index (Phi) is 10.0. The van der Waals surface area contributed by atoms with Crippen molar-refractivity contribution >= 4 is 29.8 Å². The number of hydrogen-bond acceptors (Lipinski definition) is 6. The van der Waals surface area contributed by atoms with E-state index < -0.39 is 17.1 Å². The van der Waals surface area contributed by atoms with Gasteiger partial charge in [0.25, 0.3) is 0 Å². The number of ether oxygens (including phenoxy) is 2. The van der Waals surface area contributed by atoms with Crippen molar-refractivity contribution in [3.05, 3.63) is 75.9 Å². The highest BCUT2D eigenvalue weighted by molar-refractivity contribution is 5.93. The Morgan fingerprint density at radius 2 is 1.73 bits per heavy atom. The molecule has 8 heteroatoms. The molecule has 0 N–H and O–H groups in total. The zero-order chi connectivity index (χ0) is 32.2. The number of fused-ring (bicyclic) bond motifs is 1. The van der Waals surface area contributed by atoms with E-state index in [4.69, 9.17) is 9.47 Å². The van der Waals surface area contributed by atoms with Crippen LogP contribution in [0.15, 0.2) is 42.5 Å². The van der Waals surface area contributed by atoms with Crippen molar-refractivity contribution in [1.29, 1.82) is 0 Å². The van der Waals surface area contributed by atoms with Gasteiger partial charge in [-0.15, -0.1) is 0 Å². The van der Waals surface area contributed by atoms with Crippen LogP contribution in [0.5, 0.6) is 0 Å². The fourth-order valence-electron chi connectivity index (χ4n) is 6.10. The summed E-state index contributed by atoms with van der Waals surface area (Å²) in [5.41, 5.74) is 4.20. The molecular formula is C36H46N2O6. The second-order valence-electron chi connectivity index (χ2n) is 13.2. The lowest BCUT2D eigenvalue weighted by atomic mass is 9.84. The molecule has 1 aliphatic heterocycles. The van der Waals surface area contributed by atoms with Crippen molar-refractivity contribution < 1.29 is 28.7 Å². The van der Waals surface area contributed by atoms with Crippen LogP contribution in [0.2, 0.25) is 0 Å². The monoisotopic (exact) mass is 602 g/mol. The van der Waals surface area contributed by atoms with E-state index in [9.17, 15) is 19.2 Å². The van der Waals surface area contributed by atoms with Crippen molar-refractivity contribution in [2.45, 2.75) is 97.8 Å². The maximum absolute atomic E-state index is 14.2. The van der Waals surface area contributed by atoms with Crippen LogP contribution in [0.25, 0.3) is 6.08 Å². The molecule has 1 fully saturated rings. The first-order valence-electron chi connectivity index (χ1n) is 15.6. The Balaban J connectivity index is 1.54. The van der Waals surface area contributed by atoms with Crippen molar-refractivity contribution in [3.8, 4) is 0 Å². The number of rotatable bonds is 11. The molecule has 4 rings (SSSR count). The van der Waals surface area contributed by atoms with Crippen LogP contribution in [-0.2, 0) is 41.6 Å². The van der Waals surface area contributed by atoms with Gasteiger partial charge in [-0.25, -0.2) is 0 Å². The van der Waals surface area contributed by atoms with E-state index in [1.54, 1.807) is 16.7 Å². The SMILES string of the molecule is CCOC(=O)CCCN(Cc1ccc2c(c1)C(C(=O)OC(C)(C)C)C=C2)C(=O)C1(C)CCN1C(=O)Cc1cc(C)cc(C)c1. The molecule has 2 atom stereocenters. The highest BCUT2D eigenvalue weighted by Crippen LogP contribution is 2.36. The fourth-order valence-corrected chi connectivity index (χ4v) is 6.10. The smallest absolute Gasteiger partial charge is 0.317 e. The molecule has 2 aliphatic rings. The van der Waals surface area contributed by atoms with Crippen molar-refractivity contribution in [2.24, 2.45) is 0 Å². The summed E-state index contributed by atoms with van der Waals surface area (Å²) in [6.07, 6.45) is 5.19. The molecule has 2 aromatic carbocycles. The van der Waals surface area contributed by atoms with E-state index in [0.717, 1.165) is 33.4 Å². The lowest BCUT2D eigenvalue weighted by molar-refractivity contribution is -0.164. The quantitative estimate of drug-likeness (QED) is 0.308. The molecule has 236 valence electrons. The number of likely N-dealkylation sites (tertiary alicyclic amines) is 1. The normalized spacial score (nSPS) is 18.8. The average molecular weight is 603 g/mol. The molecule has 0 saturated carbocycles. The van der Waals surface area contributed by atoms with Gasteiger partial charge in [0, 0.05) is 26.1 Å². The van der Waals surface area contributed by atoms with Crippen LogP contribution in [0.4, 0.5) is 0 Å². The molecule has 1 heterocycles. The third-order valence-corrected chi connectivity index (χ3v) is 8.21. The van der Waals surface area contributed by atoms with E-state index in [1.165, 1.54) is 0 Å². The van der Waals surface area contributed by atoms with Crippen LogP contribution in [0.3, 0.4) is 0 Å². The summed E-state index contributed by atoms with van der Waals surface area (Å²) in [5.74, 6) is -1.36. The highest BCUT2D eigenvalue weighted by Gasteiger charge is 2.50. The molecule has 1 aliphatic carbocycles. The minimum absolute atomic E-state index is 0.0765. The Bertz CT molecular complexity index is 1430. The van der Waals surface area contributed by atoms with Gasteiger partial charge < -0.3 is 19.3 Å². The molecule has 0 bridgehead atoms. The largest absolute Gasteiger partial charge is 0.466 e. The fraction of sp³-hybridized carbons (Fsp3) is 0.500. The highest BCUT2D eigenvalue weighted by atomic mass is 16.6. The minimum atomic E-state index is -0.975. The standard InChI is InChI=1S/C36H46N2O6/c1-8-43-32(40)10-9-16-37(23-26-11-12-28-13-14-29(30(28)21-26)33(41)44-35(4,5)6)34(42)36(7)15-17-38(36)31(39)22-27-19-24(2)18-25(3)20-27/h11-14,18-21,29H,8-10,15-17,22-23H2,1-7H3. The molecule has 1 saturated heterocycles. The van der Waals surface area contributed by atoms with Gasteiger partial charge >= 0.3 is 11.9 Å². The van der Waals surface area contributed by atoms with Crippen LogP contribution in [0, 0.1) is 13.8 Å². The summed E-state index contributed by atoms with van der Waals surface area (Å²) >= 11 is 0. The number of hydrogen-bond donors (Lipinski definition) is 0. The van der Waals surface area contributed by atoms with Gasteiger partial charge in [-0.3, -0.25) is 19.2 Å². The Morgan fingerprint density at radius 3 is 2.34 bits per heavy atom. The maximum atomic E-state index is 14.2.